The first-order valence-electron chi connectivity index (χ1n) is 3.15. The Morgan fingerprint density at radius 1 is 1.67 bits per heavy atom. The summed E-state index contributed by atoms with van der Waals surface area (Å²) in [6, 6.07) is 3.12. The lowest BCUT2D eigenvalue weighted by Crippen LogP contribution is -2.13. The summed E-state index contributed by atoms with van der Waals surface area (Å²) in [5.74, 6) is -0.0275. The summed E-state index contributed by atoms with van der Waals surface area (Å²) in [6.07, 6.45) is 0. The van der Waals surface area contributed by atoms with E-state index in [-0.39, 0.29) is 5.69 Å². The fourth-order valence-electron chi connectivity index (χ4n) is 0.718. The molecule has 1 heterocycles. The monoisotopic (exact) mass is 230 g/mol. The van der Waals surface area contributed by atoms with Crippen molar-refractivity contribution in [1.82, 2.24) is 4.98 Å². The van der Waals surface area contributed by atoms with Crippen LogP contribution in [0.3, 0.4) is 0 Å². The molecule has 4 nitrogen and oxygen atoms in total. The van der Waals surface area contributed by atoms with Gasteiger partial charge in [0.25, 0.3) is 5.91 Å². The molecule has 1 aromatic heterocycles. The molecule has 2 N–H and O–H groups in total. The van der Waals surface area contributed by atoms with Crippen molar-refractivity contribution < 1.29 is 9.53 Å². The zero-order valence-electron chi connectivity index (χ0n) is 6.37. The van der Waals surface area contributed by atoms with E-state index in [1.165, 1.54) is 13.2 Å². The van der Waals surface area contributed by atoms with Crippen molar-refractivity contribution in [3.63, 3.8) is 0 Å². The highest BCUT2D eigenvalue weighted by molar-refractivity contribution is 9.10. The van der Waals surface area contributed by atoms with Crippen LogP contribution in [0.2, 0.25) is 0 Å². The second-order valence-electron chi connectivity index (χ2n) is 2.08. The number of carbonyl (C=O) groups is 1. The van der Waals surface area contributed by atoms with Crippen LogP contribution in [0.4, 0.5) is 0 Å². The third-order valence-electron chi connectivity index (χ3n) is 1.26. The molecule has 0 fully saturated rings. The number of halogens is 1. The molecule has 0 radical (unpaired) electrons. The van der Waals surface area contributed by atoms with E-state index < -0.39 is 5.91 Å². The van der Waals surface area contributed by atoms with Gasteiger partial charge in [-0.15, -0.1) is 0 Å². The molecule has 0 bridgehead atoms. The summed E-state index contributed by atoms with van der Waals surface area (Å²) in [4.78, 5) is 14.5. The number of nitrogens with zero attached hydrogens (tertiary/aromatic N) is 1. The van der Waals surface area contributed by atoms with Crippen LogP contribution in [0.1, 0.15) is 10.5 Å². The number of hydrogen-bond acceptors (Lipinski definition) is 3. The molecule has 0 saturated carbocycles. The average Bonchev–Trinajstić information content (AvgIpc) is 2.03. The highest BCUT2D eigenvalue weighted by atomic mass is 79.9. The van der Waals surface area contributed by atoms with Crippen LogP contribution in [0, 0.1) is 0 Å². The fraction of sp³-hybridized carbons (Fsp3) is 0.143. The molecule has 0 aliphatic carbocycles. The van der Waals surface area contributed by atoms with E-state index in [1.807, 2.05) is 0 Å². The number of methoxy groups -OCH3 is 1. The topological polar surface area (TPSA) is 65.2 Å². The average molecular weight is 231 g/mol. The SMILES string of the molecule is COc1cc(Br)nc(C(N)=O)c1. The van der Waals surface area contributed by atoms with Gasteiger partial charge in [0.15, 0.2) is 0 Å². The van der Waals surface area contributed by atoms with Gasteiger partial charge < -0.3 is 10.5 Å². The zero-order chi connectivity index (χ0) is 9.14. The van der Waals surface area contributed by atoms with Gasteiger partial charge in [0, 0.05) is 12.1 Å². The van der Waals surface area contributed by atoms with E-state index in [1.54, 1.807) is 6.07 Å². The molecular weight excluding hydrogens is 224 g/mol. The lowest BCUT2D eigenvalue weighted by atomic mass is 10.3. The second-order valence-corrected chi connectivity index (χ2v) is 2.89. The zero-order valence-corrected chi connectivity index (χ0v) is 7.96. The molecule has 64 valence electrons. The number of amides is 1. The van der Waals surface area contributed by atoms with Gasteiger partial charge in [0.05, 0.1) is 7.11 Å². The van der Waals surface area contributed by atoms with Gasteiger partial charge in [-0.3, -0.25) is 4.79 Å². The Hall–Kier alpha value is -1.10. The van der Waals surface area contributed by atoms with E-state index in [9.17, 15) is 4.79 Å². The summed E-state index contributed by atoms with van der Waals surface area (Å²) in [5, 5.41) is 0. The molecule has 0 unspecified atom stereocenters. The van der Waals surface area contributed by atoms with Gasteiger partial charge in [-0.25, -0.2) is 4.98 Å². The number of pyridine rings is 1. The molecule has 0 aliphatic rings. The molecule has 0 atom stereocenters. The number of hydrogen-bond donors (Lipinski definition) is 1. The van der Waals surface area contributed by atoms with Crippen LogP contribution in [-0.4, -0.2) is 18.0 Å². The van der Waals surface area contributed by atoms with Crippen LogP contribution in [-0.2, 0) is 0 Å². The van der Waals surface area contributed by atoms with Crippen molar-refractivity contribution >= 4 is 21.8 Å². The first-order chi connectivity index (χ1) is 5.63. The maximum Gasteiger partial charge on any atom is 0.267 e. The lowest BCUT2D eigenvalue weighted by Gasteiger charge is -2.01. The van der Waals surface area contributed by atoms with Crippen molar-refractivity contribution in [1.29, 1.82) is 0 Å². The Bertz CT molecular complexity index is 314. The predicted octanol–water partition coefficient (Wildman–Crippen LogP) is 0.952. The minimum absolute atomic E-state index is 0.182. The van der Waals surface area contributed by atoms with Crippen LogP contribution >= 0.6 is 15.9 Å². The van der Waals surface area contributed by atoms with Gasteiger partial charge in [-0.05, 0) is 15.9 Å². The van der Waals surface area contributed by atoms with Gasteiger partial charge in [-0.1, -0.05) is 0 Å². The predicted molar refractivity (Wildman–Crippen MR) is 47.0 cm³/mol. The van der Waals surface area contributed by atoms with Crippen molar-refractivity contribution in [2.24, 2.45) is 5.73 Å². The molecule has 1 amide bonds. The fourth-order valence-corrected chi connectivity index (χ4v) is 1.13. The molecule has 1 rings (SSSR count). The number of ether oxygens (including phenoxy) is 1. The Kier molecular flexibility index (Phi) is 2.65. The molecule has 0 aromatic carbocycles. The van der Waals surface area contributed by atoms with E-state index in [0.29, 0.717) is 10.4 Å². The number of nitrogens with two attached hydrogens (primary N) is 1. The Morgan fingerprint density at radius 3 is 2.83 bits per heavy atom. The van der Waals surface area contributed by atoms with Crippen LogP contribution < -0.4 is 10.5 Å². The largest absolute Gasteiger partial charge is 0.497 e. The minimum Gasteiger partial charge on any atom is -0.497 e. The highest BCUT2D eigenvalue weighted by Crippen LogP contribution is 2.17. The molecule has 0 spiro atoms. The summed E-state index contributed by atoms with van der Waals surface area (Å²) in [5.41, 5.74) is 5.21. The number of aromatic nitrogens is 1. The van der Waals surface area contributed by atoms with E-state index in [0.717, 1.165) is 0 Å². The normalized spacial score (nSPS) is 9.50. The first-order valence-corrected chi connectivity index (χ1v) is 3.94. The highest BCUT2D eigenvalue weighted by Gasteiger charge is 2.05. The van der Waals surface area contributed by atoms with Crippen molar-refractivity contribution in [2.45, 2.75) is 0 Å². The summed E-state index contributed by atoms with van der Waals surface area (Å²) < 4.78 is 5.43. The summed E-state index contributed by atoms with van der Waals surface area (Å²) in [7, 11) is 1.51. The Morgan fingerprint density at radius 2 is 2.33 bits per heavy atom. The molecule has 0 saturated heterocycles. The van der Waals surface area contributed by atoms with Crippen molar-refractivity contribution in [3.05, 3.63) is 22.4 Å². The van der Waals surface area contributed by atoms with Crippen LogP contribution in [0.15, 0.2) is 16.7 Å². The first kappa shape index (κ1) is 8.99. The minimum atomic E-state index is -0.574. The van der Waals surface area contributed by atoms with Gasteiger partial charge >= 0.3 is 0 Å². The standard InChI is InChI=1S/C7H7BrN2O2/c1-12-4-2-5(7(9)11)10-6(8)3-4/h2-3H,1H3,(H2,9,11). The quantitative estimate of drug-likeness (QED) is 0.770. The van der Waals surface area contributed by atoms with Gasteiger partial charge in [0.1, 0.15) is 16.0 Å². The van der Waals surface area contributed by atoms with Crippen molar-refractivity contribution in [2.75, 3.05) is 7.11 Å². The molecule has 12 heavy (non-hydrogen) atoms. The number of primary amides is 1. The summed E-state index contributed by atoms with van der Waals surface area (Å²) >= 11 is 3.12. The molecule has 0 aliphatic heterocycles. The third-order valence-corrected chi connectivity index (χ3v) is 1.66. The number of rotatable bonds is 2. The Labute approximate surface area is 77.9 Å². The number of carbonyl (C=O) groups excluding carboxylic acids is 1. The van der Waals surface area contributed by atoms with Crippen LogP contribution in [0.25, 0.3) is 0 Å². The van der Waals surface area contributed by atoms with Crippen molar-refractivity contribution in [3.8, 4) is 5.75 Å². The van der Waals surface area contributed by atoms with E-state index in [4.69, 9.17) is 10.5 Å². The Balaban J connectivity index is 3.15. The lowest BCUT2D eigenvalue weighted by molar-refractivity contribution is 0.0995. The second kappa shape index (κ2) is 3.53. The molecular formula is C7H7BrN2O2. The third kappa shape index (κ3) is 1.94. The maximum atomic E-state index is 10.7. The summed E-state index contributed by atoms with van der Waals surface area (Å²) in [6.45, 7) is 0. The van der Waals surface area contributed by atoms with Gasteiger partial charge in [-0.2, -0.15) is 0 Å². The van der Waals surface area contributed by atoms with Crippen LogP contribution in [0.5, 0.6) is 5.75 Å². The smallest absolute Gasteiger partial charge is 0.267 e. The van der Waals surface area contributed by atoms with E-state index >= 15 is 0 Å². The molecule has 5 heteroatoms. The molecule has 1 aromatic rings. The van der Waals surface area contributed by atoms with Gasteiger partial charge in [0.2, 0.25) is 0 Å². The maximum absolute atomic E-state index is 10.7. The van der Waals surface area contributed by atoms with E-state index in [2.05, 4.69) is 20.9 Å².